The van der Waals surface area contributed by atoms with E-state index in [9.17, 15) is 5.26 Å². The summed E-state index contributed by atoms with van der Waals surface area (Å²) in [6.07, 6.45) is 2.16. The van der Waals surface area contributed by atoms with Gasteiger partial charge in [-0.15, -0.1) is 0 Å². The zero-order chi connectivity index (χ0) is 20.4. The van der Waals surface area contributed by atoms with Crippen LogP contribution in [-0.2, 0) is 4.74 Å². The van der Waals surface area contributed by atoms with Crippen molar-refractivity contribution in [3.8, 4) is 6.07 Å². The zero-order valence-electron chi connectivity index (χ0n) is 16.8. The number of nitrogens with zero attached hydrogens (tertiary/aromatic N) is 2. The Hall–Kier alpha value is -3.29. The first-order chi connectivity index (χ1) is 14.1. The second kappa shape index (κ2) is 7.98. The maximum atomic E-state index is 9.84. The first kappa shape index (κ1) is 19.0. The third kappa shape index (κ3) is 3.70. The molecule has 0 amide bonds. The molecule has 4 heteroatoms. The monoisotopic (exact) mass is 383 g/mol. The molecule has 2 aliphatic heterocycles. The minimum absolute atomic E-state index is 0.189. The second-order valence-corrected chi connectivity index (χ2v) is 7.77. The number of allylic oxidation sites excluding steroid dienone is 1. The Labute approximate surface area is 172 Å². The molecule has 0 fully saturated rings. The van der Waals surface area contributed by atoms with Crippen LogP contribution in [0.15, 0.2) is 89.0 Å². The average Bonchev–Trinajstić information content (AvgIpc) is 2.74. The van der Waals surface area contributed by atoms with Crippen molar-refractivity contribution in [2.24, 2.45) is 5.73 Å². The topological polar surface area (TPSA) is 62.3 Å². The van der Waals surface area contributed by atoms with E-state index in [2.05, 4.69) is 55.2 Å². The second-order valence-electron chi connectivity index (χ2n) is 7.77. The number of rotatable bonds is 3. The minimum atomic E-state index is -0.189. The first-order valence-corrected chi connectivity index (χ1v) is 9.94. The largest absolute Gasteiger partial charge is 0.440 e. The van der Waals surface area contributed by atoms with Gasteiger partial charge in [-0.2, -0.15) is 5.26 Å². The molecule has 2 aromatic rings. The smallest absolute Gasteiger partial charge is 0.205 e. The summed E-state index contributed by atoms with van der Waals surface area (Å²) in [5, 5.41) is 9.84. The van der Waals surface area contributed by atoms with Crippen molar-refractivity contribution in [2.45, 2.75) is 25.8 Å². The van der Waals surface area contributed by atoms with Crippen LogP contribution in [0.1, 0.15) is 30.9 Å². The molecule has 0 radical (unpaired) electrons. The Bertz CT molecular complexity index is 1030. The Kier molecular flexibility index (Phi) is 5.24. The fraction of sp³-hybridized carbons (Fsp3) is 0.240. The lowest BCUT2D eigenvalue weighted by atomic mass is 9.80. The van der Waals surface area contributed by atoms with Gasteiger partial charge in [0, 0.05) is 24.7 Å². The van der Waals surface area contributed by atoms with Crippen molar-refractivity contribution >= 4 is 6.08 Å². The van der Waals surface area contributed by atoms with Gasteiger partial charge < -0.3 is 10.5 Å². The molecule has 2 aliphatic rings. The molecule has 146 valence electrons. The molecule has 0 saturated carbocycles. The van der Waals surface area contributed by atoms with Crippen molar-refractivity contribution in [3.63, 3.8) is 0 Å². The first-order valence-electron chi connectivity index (χ1n) is 9.94. The third-order valence-electron chi connectivity index (χ3n) is 5.57. The number of hydrogen-bond acceptors (Lipinski definition) is 4. The van der Waals surface area contributed by atoms with E-state index in [1.165, 1.54) is 0 Å². The third-order valence-corrected chi connectivity index (χ3v) is 5.57. The summed E-state index contributed by atoms with van der Waals surface area (Å²) in [7, 11) is 0. The summed E-state index contributed by atoms with van der Waals surface area (Å²) < 4.78 is 6.08. The molecule has 0 aromatic heterocycles. The molecule has 1 unspecified atom stereocenters. The molecule has 2 heterocycles. The van der Waals surface area contributed by atoms with Gasteiger partial charge in [0.2, 0.25) is 5.88 Å². The van der Waals surface area contributed by atoms with Gasteiger partial charge in [-0.25, -0.2) is 0 Å². The quantitative estimate of drug-likeness (QED) is 0.844. The van der Waals surface area contributed by atoms with Crippen molar-refractivity contribution < 1.29 is 4.74 Å². The van der Waals surface area contributed by atoms with E-state index in [1.807, 2.05) is 36.4 Å². The van der Waals surface area contributed by atoms with Crippen LogP contribution < -0.4 is 5.73 Å². The molecule has 0 saturated heterocycles. The molecule has 0 spiro atoms. The van der Waals surface area contributed by atoms with Crippen LogP contribution in [0, 0.1) is 11.3 Å². The average molecular weight is 383 g/mol. The Morgan fingerprint density at radius 2 is 1.72 bits per heavy atom. The number of hydrogen-bond donors (Lipinski definition) is 1. The van der Waals surface area contributed by atoms with Gasteiger partial charge in [0.05, 0.1) is 5.92 Å². The molecule has 4 rings (SSSR count). The van der Waals surface area contributed by atoms with Crippen LogP contribution in [-0.4, -0.2) is 24.0 Å². The molecular formula is C25H25N3O. The van der Waals surface area contributed by atoms with Crippen molar-refractivity contribution in [1.29, 1.82) is 5.26 Å². The standard InChI is InChI=1S/C25H25N3O/c1-17(2)28-15-20(13-18-9-5-3-6-10-18)24-22(16-28)23(19-11-7-4-8-12-19)21(14-26)25(27)29-24/h3-13,17,23H,15-16,27H2,1-2H3/b20-13+. The molecule has 2 N–H and O–H groups in total. The van der Waals surface area contributed by atoms with E-state index in [0.717, 1.165) is 41.1 Å². The predicted octanol–water partition coefficient (Wildman–Crippen LogP) is 4.56. The molecule has 0 bridgehead atoms. The summed E-state index contributed by atoms with van der Waals surface area (Å²) in [4.78, 5) is 2.41. The highest BCUT2D eigenvalue weighted by molar-refractivity contribution is 5.63. The number of nitriles is 1. The van der Waals surface area contributed by atoms with Crippen molar-refractivity contribution in [1.82, 2.24) is 4.90 Å². The van der Waals surface area contributed by atoms with E-state index in [1.54, 1.807) is 0 Å². The molecule has 4 nitrogen and oxygen atoms in total. The van der Waals surface area contributed by atoms with Crippen molar-refractivity contribution in [2.75, 3.05) is 13.1 Å². The molecule has 0 aliphatic carbocycles. The summed E-state index contributed by atoms with van der Waals surface area (Å²) in [6, 6.07) is 23.0. The van der Waals surface area contributed by atoms with E-state index < -0.39 is 0 Å². The summed E-state index contributed by atoms with van der Waals surface area (Å²) in [5.74, 6) is 0.832. The zero-order valence-corrected chi connectivity index (χ0v) is 16.8. The number of benzene rings is 2. The van der Waals surface area contributed by atoms with E-state index >= 15 is 0 Å². The van der Waals surface area contributed by atoms with Gasteiger partial charge in [0.1, 0.15) is 17.4 Å². The van der Waals surface area contributed by atoms with Gasteiger partial charge in [-0.05, 0) is 36.6 Å². The van der Waals surface area contributed by atoms with Gasteiger partial charge in [-0.1, -0.05) is 60.7 Å². The molecular weight excluding hydrogens is 358 g/mol. The van der Waals surface area contributed by atoms with Gasteiger partial charge in [-0.3, -0.25) is 4.90 Å². The van der Waals surface area contributed by atoms with Crippen LogP contribution in [0.25, 0.3) is 6.08 Å². The molecule has 29 heavy (non-hydrogen) atoms. The minimum Gasteiger partial charge on any atom is -0.440 e. The Balaban J connectivity index is 1.89. The Morgan fingerprint density at radius 1 is 1.07 bits per heavy atom. The highest BCUT2D eigenvalue weighted by Gasteiger charge is 2.38. The maximum Gasteiger partial charge on any atom is 0.205 e. The van der Waals surface area contributed by atoms with E-state index in [0.29, 0.717) is 11.6 Å². The lowest BCUT2D eigenvalue weighted by molar-refractivity contribution is 0.208. The highest BCUT2D eigenvalue weighted by Crippen LogP contribution is 2.44. The number of ether oxygens (including phenoxy) is 1. The highest BCUT2D eigenvalue weighted by atomic mass is 16.5. The van der Waals surface area contributed by atoms with Crippen LogP contribution in [0.3, 0.4) is 0 Å². The fourth-order valence-electron chi connectivity index (χ4n) is 4.04. The van der Waals surface area contributed by atoms with Crippen LogP contribution in [0.5, 0.6) is 0 Å². The van der Waals surface area contributed by atoms with Crippen LogP contribution in [0.2, 0.25) is 0 Å². The van der Waals surface area contributed by atoms with Crippen LogP contribution in [0.4, 0.5) is 0 Å². The summed E-state index contributed by atoms with van der Waals surface area (Å²) >= 11 is 0. The fourth-order valence-corrected chi connectivity index (χ4v) is 4.04. The van der Waals surface area contributed by atoms with Gasteiger partial charge >= 0.3 is 0 Å². The van der Waals surface area contributed by atoms with Crippen molar-refractivity contribution in [3.05, 3.63) is 100 Å². The van der Waals surface area contributed by atoms with E-state index in [-0.39, 0.29) is 11.8 Å². The lowest BCUT2D eigenvalue weighted by Gasteiger charge is -2.39. The van der Waals surface area contributed by atoms with Crippen LogP contribution >= 0.6 is 0 Å². The van der Waals surface area contributed by atoms with Gasteiger partial charge in [0.25, 0.3) is 0 Å². The maximum absolute atomic E-state index is 9.84. The lowest BCUT2D eigenvalue weighted by Crippen LogP contribution is -2.41. The number of nitrogens with two attached hydrogens (primary N) is 1. The normalized spacial score (nSPS) is 21.2. The predicted molar refractivity (Wildman–Crippen MR) is 115 cm³/mol. The Morgan fingerprint density at radius 3 is 2.34 bits per heavy atom. The van der Waals surface area contributed by atoms with Gasteiger partial charge in [0.15, 0.2) is 0 Å². The summed E-state index contributed by atoms with van der Waals surface area (Å²) in [6.45, 7) is 5.92. The molecule has 1 atom stereocenters. The SMILES string of the molecule is CC(C)N1CC2=C(OC(N)=C(C#N)C2c2ccccc2)/C(=C/c2ccccc2)C1. The molecule has 2 aromatic carbocycles. The van der Waals surface area contributed by atoms with E-state index in [4.69, 9.17) is 10.5 Å². The summed E-state index contributed by atoms with van der Waals surface area (Å²) in [5.41, 5.74) is 11.1.